The van der Waals surface area contributed by atoms with Crippen molar-refractivity contribution in [2.75, 3.05) is 0 Å². The van der Waals surface area contributed by atoms with Gasteiger partial charge >= 0.3 is 0 Å². The first-order chi connectivity index (χ1) is 5.45. The van der Waals surface area contributed by atoms with E-state index in [1.165, 1.54) is 32.1 Å². The van der Waals surface area contributed by atoms with E-state index < -0.39 is 0 Å². The third kappa shape index (κ3) is 1.74. The van der Waals surface area contributed by atoms with Gasteiger partial charge < -0.3 is 0 Å². The Morgan fingerprint density at radius 2 is 1.00 bits per heavy atom. The molecule has 0 saturated heterocycles. The van der Waals surface area contributed by atoms with Crippen LogP contribution in [0, 0.1) is 11.8 Å². The Kier molecular flexibility index (Phi) is 2.11. The molecule has 2 rings (SSSR count). The molecule has 0 unspecified atom stereocenters. The van der Waals surface area contributed by atoms with Crippen molar-refractivity contribution in [2.24, 2.45) is 11.8 Å². The summed E-state index contributed by atoms with van der Waals surface area (Å²) in [5.74, 6) is 1.91. The molecule has 0 N–H and O–H groups in total. The summed E-state index contributed by atoms with van der Waals surface area (Å²) in [6.07, 6.45) is 16.3. The molecular formula is C11H16. The van der Waals surface area contributed by atoms with Crippen molar-refractivity contribution >= 4 is 0 Å². The Morgan fingerprint density at radius 1 is 0.636 bits per heavy atom. The highest BCUT2D eigenvalue weighted by atomic mass is 14.2. The number of allylic oxidation sites excluding steroid dienone is 4. The summed E-state index contributed by atoms with van der Waals surface area (Å²) in [6.45, 7) is 0. The average molecular weight is 148 g/mol. The highest BCUT2D eigenvalue weighted by Crippen LogP contribution is 2.31. The van der Waals surface area contributed by atoms with Crippen LogP contribution in [0.15, 0.2) is 24.3 Å². The highest BCUT2D eigenvalue weighted by molar-refractivity contribution is 4.98. The van der Waals surface area contributed by atoms with Crippen LogP contribution in [0.3, 0.4) is 0 Å². The lowest BCUT2D eigenvalue weighted by Crippen LogP contribution is -2.02. The summed E-state index contributed by atoms with van der Waals surface area (Å²) in [6, 6.07) is 0. The molecule has 2 aliphatic carbocycles. The third-order valence-corrected chi connectivity index (χ3v) is 2.88. The van der Waals surface area contributed by atoms with Gasteiger partial charge in [0.1, 0.15) is 0 Å². The summed E-state index contributed by atoms with van der Waals surface area (Å²) < 4.78 is 0. The molecule has 2 aliphatic rings. The zero-order valence-corrected chi connectivity index (χ0v) is 7.00. The molecule has 60 valence electrons. The number of rotatable bonds is 0. The monoisotopic (exact) mass is 148 g/mol. The van der Waals surface area contributed by atoms with E-state index in [-0.39, 0.29) is 0 Å². The molecule has 0 spiro atoms. The van der Waals surface area contributed by atoms with Crippen molar-refractivity contribution in [3.05, 3.63) is 24.3 Å². The third-order valence-electron chi connectivity index (χ3n) is 2.88. The minimum atomic E-state index is 0.956. The van der Waals surface area contributed by atoms with E-state index in [1.54, 1.807) is 0 Å². The fourth-order valence-corrected chi connectivity index (χ4v) is 2.20. The molecule has 0 aromatic rings. The van der Waals surface area contributed by atoms with Crippen molar-refractivity contribution < 1.29 is 0 Å². The van der Waals surface area contributed by atoms with Gasteiger partial charge in [-0.2, -0.15) is 0 Å². The largest absolute Gasteiger partial charge is 0.0882 e. The van der Waals surface area contributed by atoms with Gasteiger partial charge in [-0.25, -0.2) is 0 Å². The van der Waals surface area contributed by atoms with Gasteiger partial charge in [0.05, 0.1) is 0 Å². The molecule has 0 atom stereocenters. The van der Waals surface area contributed by atoms with Gasteiger partial charge in [-0.05, 0) is 43.9 Å². The summed E-state index contributed by atoms with van der Waals surface area (Å²) in [4.78, 5) is 0. The lowest BCUT2D eigenvalue weighted by molar-refractivity contribution is 0.399. The van der Waals surface area contributed by atoms with Crippen LogP contribution in [0.25, 0.3) is 0 Å². The highest BCUT2D eigenvalue weighted by Gasteiger charge is 2.17. The summed E-state index contributed by atoms with van der Waals surface area (Å²) in [5.41, 5.74) is 0. The molecule has 0 radical (unpaired) electrons. The zero-order valence-electron chi connectivity index (χ0n) is 7.00. The number of hydrogen-bond acceptors (Lipinski definition) is 0. The van der Waals surface area contributed by atoms with Gasteiger partial charge in [0.2, 0.25) is 0 Å². The Morgan fingerprint density at radius 3 is 1.36 bits per heavy atom. The minimum absolute atomic E-state index is 0.956. The van der Waals surface area contributed by atoms with Gasteiger partial charge in [-0.3, -0.25) is 0 Å². The van der Waals surface area contributed by atoms with E-state index in [0.29, 0.717) is 0 Å². The summed E-state index contributed by atoms with van der Waals surface area (Å²) in [7, 11) is 0. The first-order valence-corrected chi connectivity index (χ1v) is 4.75. The fraction of sp³-hybridized carbons (Fsp3) is 0.636. The molecule has 0 nitrogen and oxygen atoms in total. The van der Waals surface area contributed by atoms with Crippen molar-refractivity contribution in [2.45, 2.75) is 32.1 Å². The molecule has 0 aromatic carbocycles. The van der Waals surface area contributed by atoms with Crippen LogP contribution >= 0.6 is 0 Å². The summed E-state index contributed by atoms with van der Waals surface area (Å²) >= 11 is 0. The molecule has 0 heterocycles. The predicted octanol–water partition coefficient (Wildman–Crippen LogP) is 3.31. The van der Waals surface area contributed by atoms with Crippen molar-refractivity contribution in [3.63, 3.8) is 0 Å². The molecule has 0 aromatic heterocycles. The zero-order chi connectivity index (χ0) is 7.52. The maximum atomic E-state index is 2.38. The maximum Gasteiger partial charge on any atom is -0.0319 e. The van der Waals surface area contributed by atoms with Crippen LogP contribution in [0.2, 0.25) is 0 Å². The molecule has 0 fully saturated rings. The molecule has 0 amide bonds. The Labute approximate surface area is 69.0 Å². The second-order valence-electron chi connectivity index (χ2n) is 3.85. The van der Waals surface area contributed by atoms with E-state index in [2.05, 4.69) is 24.3 Å². The van der Waals surface area contributed by atoms with Crippen LogP contribution in [-0.4, -0.2) is 0 Å². The number of fused-ring (bicyclic) bond motifs is 2. The molecule has 0 heteroatoms. The fourth-order valence-electron chi connectivity index (χ4n) is 2.20. The SMILES string of the molecule is C1=CCC2CC=CCC(C1)C2. The van der Waals surface area contributed by atoms with Gasteiger partial charge in [0.25, 0.3) is 0 Å². The van der Waals surface area contributed by atoms with E-state index in [9.17, 15) is 0 Å². The van der Waals surface area contributed by atoms with Gasteiger partial charge in [-0.1, -0.05) is 24.3 Å². The standard InChI is InChI=1S/C11H16/c1-2-6-11-8-4-3-7-10(5-1)9-11/h1-4,10-11H,5-9H2. The predicted molar refractivity (Wildman–Crippen MR) is 48.3 cm³/mol. The van der Waals surface area contributed by atoms with Crippen LogP contribution in [0.5, 0.6) is 0 Å². The molecule has 0 saturated carbocycles. The van der Waals surface area contributed by atoms with Gasteiger partial charge in [0, 0.05) is 0 Å². The normalized spacial score (nSPS) is 36.4. The lowest BCUT2D eigenvalue weighted by atomic mass is 9.91. The molecule has 11 heavy (non-hydrogen) atoms. The molecule has 2 bridgehead atoms. The topological polar surface area (TPSA) is 0 Å². The van der Waals surface area contributed by atoms with E-state index >= 15 is 0 Å². The van der Waals surface area contributed by atoms with Gasteiger partial charge in [-0.15, -0.1) is 0 Å². The quantitative estimate of drug-likeness (QED) is 0.462. The van der Waals surface area contributed by atoms with Crippen LogP contribution in [0.4, 0.5) is 0 Å². The van der Waals surface area contributed by atoms with Crippen LogP contribution in [-0.2, 0) is 0 Å². The second kappa shape index (κ2) is 3.25. The van der Waals surface area contributed by atoms with E-state index in [0.717, 1.165) is 11.8 Å². The molecular weight excluding hydrogens is 132 g/mol. The van der Waals surface area contributed by atoms with E-state index in [4.69, 9.17) is 0 Å². The van der Waals surface area contributed by atoms with Gasteiger partial charge in [0.15, 0.2) is 0 Å². The Bertz CT molecular complexity index is 140. The summed E-state index contributed by atoms with van der Waals surface area (Å²) in [5, 5.41) is 0. The number of hydrogen-bond donors (Lipinski definition) is 0. The van der Waals surface area contributed by atoms with Crippen molar-refractivity contribution in [1.82, 2.24) is 0 Å². The van der Waals surface area contributed by atoms with Crippen molar-refractivity contribution in [3.8, 4) is 0 Å². The maximum absolute atomic E-state index is 2.38. The van der Waals surface area contributed by atoms with Crippen LogP contribution in [0.1, 0.15) is 32.1 Å². The molecule has 0 aliphatic heterocycles. The van der Waals surface area contributed by atoms with E-state index in [1.807, 2.05) is 0 Å². The Balaban J connectivity index is 2.09. The first-order valence-electron chi connectivity index (χ1n) is 4.75. The smallest absolute Gasteiger partial charge is 0.0319 e. The minimum Gasteiger partial charge on any atom is -0.0882 e. The second-order valence-corrected chi connectivity index (χ2v) is 3.85. The average Bonchev–Trinajstić information content (AvgIpc) is 2.36. The Hall–Kier alpha value is -0.520. The lowest BCUT2D eigenvalue weighted by Gasteiger charge is -2.14. The first kappa shape index (κ1) is 7.15. The van der Waals surface area contributed by atoms with Crippen molar-refractivity contribution in [1.29, 1.82) is 0 Å². The van der Waals surface area contributed by atoms with Crippen LogP contribution < -0.4 is 0 Å².